The van der Waals surface area contributed by atoms with E-state index in [1.54, 1.807) is 0 Å². The number of hydrogen-bond donors (Lipinski definition) is 0. The van der Waals surface area contributed by atoms with E-state index in [1.807, 2.05) is 12.1 Å². The zero-order chi connectivity index (χ0) is 11.0. The highest BCUT2D eigenvalue weighted by atomic mass is 35.5. The average molecular weight is 229 g/mol. The van der Waals surface area contributed by atoms with E-state index in [-0.39, 0.29) is 0 Å². The molecule has 1 saturated carbocycles. The van der Waals surface area contributed by atoms with Crippen LogP contribution >= 0.6 is 11.6 Å². The van der Waals surface area contributed by atoms with Crippen molar-refractivity contribution in [1.82, 2.24) is 0 Å². The fourth-order valence-electron chi connectivity index (χ4n) is 2.34. The highest BCUT2D eigenvalue weighted by Gasteiger charge is 2.38. The monoisotopic (exact) mass is 228 g/mol. The van der Waals surface area contributed by atoms with Gasteiger partial charge in [-0.3, -0.25) is 0 Å². The van der Waals surface area contributed by atoms with Crippen LogP contribution in [0.5, 0.6) is 0 Å². The van der Waals surface area contributed by atoms with Gasteiger partial charge in [-0.1, -0.05) is 54.1 Å². The van der Waals surface area contributed by atoms with Crippen molar-refractivity contribution in [2.24, 2.45) is 0 Å². The largest absolute Gasteiger partial charge is 0.0843 e. The number of halogens is 1. The second-order valence-electron chi connectivity index (χ2n) is 4.41. The van der Waals surface area contributed by atoms with Crippen LogP contribution in [-0.4, -0.2) is 0 Å². The molecule has 16 heavy (non-hydrogen) atoms. The van der Waals surface area contributed by atoms with Gasteiger partial charge in [0.2, 0.25) is 0 Å². The second kappa shape index (κ2) is 3.95. The maximum Gasteiger partial charge on any atom is 0.0406 e. The van der Waals surface area contributed by atoms with Gasteiger partial charge in [0.05, 0.1) is 0 Å². The van der Waals surface area contributed by atoms with Crippen molar-refractivity contribution < 1.29 is 0 Å². The Bertz CT molecular complexity index is 473. The van der Waals surface area contributed by atoms with E-state index < -0.39 is 0 Å². The molecule has 0 heterocycles. The molecular formula is C15H13Cl. The number of rotatable bonds is 2. The standard InChI is InChI=1S/C15H13Cl/c16-13-8-6-12(7-9-13)15-10-14(15)11-4-2-1-3-5-11/h1-9,14-15H,10H2/t14-,15+/m0/s1. The molecule has 2 atom stereocenters. The third kappa shape index (κ3) is 1.85. The summed E-state index contributed by atoms with van der Waals surface area (Å²) in [6.07, 6.45) is 1.27. The first-order valence-corrected chi connectivity index (χ1v) is 6.03. The average Bonchev–Trinajstić information content (AvgIpc) is 3.11. The van der Waals surface area contributed by atoms with Crippen molar-refractivity contribution in [2.45, 2.75) is 18.3 Å². The molecule has 2 aromatic carbocycles. The summed E-state index contributed by atoms with van der Waals surface area (Å²) >= 11 is 5.89. The Morgan fingerprint density at radius 1 is 0.750 bits per heavy atom. The Balaban J connectivity index is 1.79. The first-order chi connectivity index (χ1) is 7.84. The summed E-state index contributed by atoms with van der Waals surface area (Å²) in [5.74, 6) is 1.40. The molecule has 0 spiro atoms. The van der Waals surface area contributed by atoms with Gasteiger partial charge in [-0.25, -0.2) is 0 Å². The smallest absolute Gasteiger partial charge is 0.0406 e. The molecule has 0 amide bonds. The highest BCUT2D eigenvalue weighted by Crippen LogP contribution is 2.54. The van der Waals surface area contributed by atoms with Crippen molar-refractivity contribution in [3.63, 3.8) is 0 Å². The summed E-state index contributed by atoms with van der Waals surface area (Å²) in [6.45, 7) is 0. The minimum atomic E-state index is 0.694. The third-order valence-electron chi connectivity index (χ3n) is 3.32. The van der Waals surface area contributed by atoms with Gasteiger partial charge in [0, 0.05) is 5.02 Å². The van der Waals surface area contributed by atoms with Crippen LogP contribution in [0, 0.1) is 0 Å². The number of hydrogen-bond acceptors (Lipinski definition) is 0. The van der Waals surface area contributed by atoms with Crippen LogP contribution in [0.2, 0.25) is 5.02 Å². The summed E-state index contributed by atoms with van der Waals surface area (Å²) in [5.41, 5.74) is 2.88. The lowest BCUT2D eigenvalue weighted by Crippen LogP contribution is -1.83. The van der Waals surface area contributed by atoms with Gasteiger partial charge < -0.3 is 0 Å². The summed E-state index contributed by atoms with van der Waals surface area (Å²) in [6, 6.07) is 19.0. The van der Waals surface area contributed by atoms with Crippen LogP contribution in [0.25, 0.3) is 0 Å². The molecule has 0 bridgehead atoms. The maximum absolute atomic E-state index is 5.89. The van der Waals surface area contributed by atoms with Crippen LogP contribution in [-0.2, 0) is 0 Å². The molecule has 1 aliphatic carbocycles. The van der Waals surface area contributed by atoms with Crippen LogP contribution < -0.4 is 0 Å². The van der Waals surface area contributed by atoms with Crippen LogP contribution in [0.4, 0.5) is 0 Å². The van der Waals surface area contributed by atoms with E-state index in [9.17, 15) is 0 Å². The summed E-state index contributed by atoms with van der Waals surface area (Å²) in [4.78, 5) is 0. The van der Waals surface area contributed by atoms with E-state index in [2.05, 4.69) is 42.5 Å². The molecule has 1 heteroatoms. The van der Waals surface area contributed by atoms with E-state index in [1.165, 1.54) is 17.5 Å². The van der Waals surface area contributed by atoms with Crippen molar-refractivity contribution in [3.05, 3.63) is 70.7 Å². The van der Waals surface area contributed by atoms with Gasteiger partial charge in [0.1, 0.15) is 0 Å². The molecule has 2 aromatic rings. The quantitative estimate of drug-likeness (QED) is 0.704. The minimum Gasteiger partial charge on any atom is -0.0843 e. The lowest BCUT2D eigenvalue weighted by atomic mass is 10.0. The molecule has 0 saturated heterocycles. The van der Waals surface area contributed by atoms with Gasteiger partial charge in [0.25, 0.3) is 0 Å². The van der Waals surface area contributed by atoms with Gasteiger partial charge in [0.15, 0.2) is 0 Å². The summed E-state index contributed by atoms with van der Waals surface area (Å²) < 4.78 is 0. The first-order valence-electron chi connectivity index (χ1n) is 5.65. The fourth-order valence-corrected chi connectivity index (χ4v) is 2.47. The lowest BCUT2D eigenvalue weighted by molar-refractivity contribution is 1.03. The Kier molecular flexibility index (Phi) is 2.45. The predicted octanol–water partition coefficient (Wildman–Crippen LogP) is 4.61. The molecule has 0 radical (unpaired) electrons. The summed E-state index contributed by atoms with van der Waals surface area (Å²) in [5, 5.41) is 0.820. The van der Waals surface area contributed by atoms with Gasteiger partial charge in [-0.2, -0.15) is 0 Å². The van der Waals surface area contributed by atoms with Gasteiger partial charge in [-0.15, -0.1) is 0 Å². The van der Waals surface area contributed by atoms with E-state index in [4.69, 9.17) is 11.6 Å². The van der Waals surface area contributed by atoms with Crippen LogP contribution in [0.15, 0.2) is 54.6 Å². The van der Waals surface area contributed by atoms with Crippen molar-refractivity contribution in [1.29, 1.82) is 0 Å². The Morgan fingerprint density at radius 2 is 1.31 bits per heavy atom. The molecule has 80 valence electrons. The van der Waals surface area contributed by atoms with Crippen molar-refractivity contribution in [2.75, 3.05) is 0 Å². The SMILES string of the molecule is Clc1ccc([C@H]2C[C@H]2c2ccccc2)cc1. The minimum absolute atomic E-state index is 0.694. The lowest BCUT2D eigenvalue weighted by Gasteiger charge is -2.01. The maximum atomic E-state index is 5.89. The molecule has 0 N–H and O–H groups in total. The van der Waals surface area contributed by atoms with Gasteiger partial charge in [-0.05, 0) is 41.5 Å². The zero-order valence-electron chi connectivity index (χ0n) is 8.94. The zero-order valence-corrected chi connectivity index (χ0v) is 9.69. The topological polar surface area (TPSA) is 0 Å². The Hall–Kier alpha value is -1.27. The normalized spacial score (nSPS) is 23.1. The van der Waals surface area contributed by atoms with Crippen molar-refractivity contribution >= 4 is 11.6 Å². The third-order valence-corrected chi connectivity index (χ3v) is 3.57. The molecular weight excluding hydrogens is 216 g/mol. The first kappa shape index (κ1) is 9.92. The Labute approximate surface area is 101 Å². The second-order valence-corrected chi connectivity index (χ2v) is 4.85. The molecule has 0 nitrogen and oxygen atoms in total. The fraction of sp³-hybridized carbons (Fsp3) is 0.200. The van der Waals surface area contributed by atoms with E-state index >= 15 is 0 Å². The number of benzene rings is 2. The van der Waals surface area contributed by atoms with E-state index in [0.29, 0.717) is 11.8 Å². The molecule has 1 fully saturated rings. The van der Waals surface area contributed by atoms with Crippen molar-refractivity contribution in [3.8, 4) is 0 Å². The molecule has 1 aliphatic rings. The predicted molar refractivity (Wildman–Crippen MR) is 68.0 cm³/mol. The van der Waals surface area contributed by atoms with Gasteiger partial charge >= 0.3 is 0 Å². The van der Waals surface area contributed by atoms with Crippen LogP contribution in [0.1, 0.15) is 29.4 Å². The molecule has 0 aromatic heterocycles. The van der Waals surface area contributed by atoms with E-state index in [0.717, 1.165) is 5.02 Å². The molecule has 0 unspecified atom stereocenters. The summed E-state index contributed by atoms with van der Waals surface area (Å²) in [7, 11) is 0. The molecule has 3 rings (SSSR count). The highest BCUT2D eigenvalue weighted by molar-refractivity contribution is 6.30. The molecule has 0 aliphatic heterocycles. The van der Waals surface area contributed by atoms with Crippen LogP contribution in [0.3, 0.4) is 0 Å². The Morgan fingerprint density at radius 3 is 1.94 bits per heavy atom.